The van der Waals surface area contributed by atoms with Crippen LogP contribution in [0.4, 0.5) is 11.4 Å². The lowest BCUT2D eigenvalue weighted by molar-refractivity contribution is 0.201. The van der Waals surface area contributed by atoms with Gasteiger partial charge in [0.1, 0.15) is 24.7 Å². The Morgan fingerprint density at radius 3 is 1.38 bits per heavy atom. The number of nitrogens with one attached hydrogen (secondary N) is 1. The summed E-state index contributed by atoms with van der Waals surface area (Å²) >= 11 is 0. The number of rotatable bonds is 8. The van der Waals surface area contributed by atoms with E-state index in [0.717, 1.165) is 22.9 Å². The molecule has 2 aromatic carbocycles. The zero-order valence-electron chi connectivity index (χ0n) is 11.7. The number of aliphatic hydroxyl groups is 2. The normalized spacial score (nSPS) is 10.2. The average Bonchev–Trinajstić information content (AvgIpc) is 2.53. The molecule has 0 amide bonds. The van der Waals surface area contributed by atoms with Gasteiger partial charge >= 0.3 is 0 Å². The Morgan fingerprint density at radius 2 is 1.05 bits per heavy atom. The Labute approximate surface area is 123 Å². The monoisotopic (exact) mass is 289 g/mol. The zero-order chi connectivity index (χ0) is 14.9. The van der Waals surface area contributed by atoms with Crippen LogP contribution in [0.3, 0.4) is 0 Å². The fourth-order valence-corrected chi connectivity index (χ4v) is 1.76. The van der Waals surface area contributed by atoms with Gasteiger partial charge in [-0.1, -0.05) is 0 Å². The van der Waals surface area contributed by atoms with Crippen molar-refractivity contribution in [2.45, 2.75) is 0 Å². The van der Waals surface area contributed by atoms with Gasteiger partial charge < -0.3 is 25.0 Å². The van der Waals surface area contributed by atoms with Gasteiger partial charge in [-0.25, -0.2) is 0 Å². The highest BCUT2D eigenvalue weighted by molar-refractivity contribution is 5.60. The molecule has 0 saturated carbocycles. The molecule has 0 heterocycles. The lowest BCUT2D eigenvalue weighted by Gasteiger charge is -2.09. The summed E-state index contributed by atoms with van der Waals surface area (Å²) in [5, 5.41) is 20.6. The van der Waals surface area contributed by atoms with Crippen LogP contribution in [0.1, 0.15) is 0 Å². The summed E-state index contributed by atoms with van der Waals surface area (Å²) in [6, 6.07) is 15.0. The van der Waals surface area contributed by atoms with Crippen molar-refractivity contribution in [3.05, 3.63) is 48.5 Å². The molecule has 0 saturated heterocycles. The summed E-state index contributed by atoms with van der Waals surface area (Å²) in [5.74, 6) is 1.45. The van der Waals surface area contributed by atoms with Crippen LogP contribution in [0.2, 0.25) is 0 Å². The SMILES string of the molecule is OCCOc1ccc(Nc2ccc(OCCO)cc2)cc1. The van der Waals surface area contributed by atoms with Crippen LogP contribution in [0, 0.1) is 0 Å². The summed E-state index contributed by atoms with van der Waals surface area (Å²) in [6.07, 6.45) is 0. The molecule has 3 N–H and O–H groups in total. The van der Waals surface area contributed by atoms with E-state index in [1.165, 1.54) is 0 Å². The van der Waals surface area contributed by atoms with Crippen molar-refractivity contribution in [1.82, 2.24) is 0 Å². The van der Waals surface area contributed by atoms with Crippen LogP contribution in [-0.4, -0.2) is 36.6 Å². The van der Waals surface area contributed by atoms with E-state index in [1.807, 2.05) is 48.5 Å². The lowest BCUT2D eigenvalue weighted by Crippen LogP contribution is -2.01. The van der Waals surface area contributed by atoms with Gasteiger partial charge in [-0.2, -0.15) is 0 Å². The van der Waals surface area contributed by atoms with Crippen molar-refractivity contribution < 1.29 is 19.7 Å². The number of hydrogen-bond donors (Lipinski definition) is 3. The molecule has 21 heavy (non-hydrogen) atoms. The first-order chi connectivity index (χ1) is 10.3. The highest BCUT2D eigenvalue weighted by Gasteiger charge is 1.98. The van der Waals surface area contributed by atoms with E-state index in [-0.39, 0.29) is 13.2 Å². The van der Waals surface area contributed by atoms with Gasteiger partial charge in [-0.3, -0.25) is 0 Å². The molecule has 2 rings (SSSR count). The highest BCUT2D eigenvalue weighted by Crippen LogP contribution is 2.22. The van der Waals surface area contributed by atoms with Crippen LogP contribution in [0.25, 0.3) is 0 Å². The van der Waals surface area contributed by atoms with E-state index in [1.54, 1.807) is 0 Å². The topological polar surface area (TPSA) is 71.0 Å². The molecule has 112 valence electrons. The Balaban J connectivity index is 1.91. The molecule has 5 nitrogen and oxygen atoms in total. The molecule has 0 aliphatic rings. The number of hydrogen-bond acceptors (Lipinski definition) is 5. The molecule has 0 aliphatic heterocycles. The van der Waals surface area contributed by atoms with E-state index < -0.39 is 0 Å². The van der Waals surface area contributed by atoms with Crippen molar-refractivity contribution in [3.8, 4) is 11.5 Å². The molecule has 5 heteroatoms. The molecular formula is C16H19NO4. The van der Waals surface area contributed by atoms with E-state index >= 15 is 0 Å². The van der Waals surface area contributed by atoms with Crippen molar-refractivity contribution in [1.29, 1.82) is 0 Å². The van der Waals surface area contributed by atoms with Gasteiger partial charge in [-0.15, -0.1) is 0 Å². The maximum absolute atomic E-state index is 8.69. The zero-order valence-corrected chi connectivity index (χ0v) is 11.7. The van der Waals surface area contributed by atoms with Crippen molar-refractivity contribution in [2.24, 2.45) is 0 Å². The average molecular weight is 289 g/mol. The molecule has 0 radical (unpaired) electrons. The fourth-order valence-electron chi connectivity index (χ4n) is 1.76. The van der Waals surface area contributed by atoms with E-state index in [2.05, 4.69) is 5.32 Å². The summed E-state index contributed by atoms with van der Waals surface area (Å²) < 4.78 is 10.6. The Bertz CT molecular complexity index is 475. The second kappa shape index (κ2) is 8.14. The molecular weight excluding hydrogens is 270 g/mol. The first kappa shape index (κ1) is 15.2. The first-order valence-corrected chi connectivity index (χ1v) is 6.76. The third kappa shape index (κ3) is 4.98. The standard InChI is InChI=1S/C16H19NO4/c18-9-11-20-15-5-1-13(2-6-15)17-14-3-7-16(8-4-14)21-12-10-19/h1-8,17-19H,9-12H2. The second-order valence-corrected chi connectivity index (χ2v) is 4.32. The summed E-state index contributed by atoms with van der Waals surface area (Å²) in [5.41, 5.74) is 1.88. The van der Waals surface area contributed by atoms with Gasteiger partial charge in [0.2, 0.25) is 0 Å². The number of anilines is 2. The van der Waals surface area contributed by atoms with Crippen LogP contribution in [-0.2, 0) is 0 Å². The number of ether oxygens (including phenoxy) is 2. The van der Waals surface area contributed by atoms with Crippen LogP contribution < -0.4 is 14.8 Å². The van der Waals surface area contributed by atoms with Crippen LogP contribution >= 0.6 is 0 Å². The molecule has 2 aromatic rings. The maximum atomic E-state index is 8.69. The minimum Gasteiger partial charge on any atom is -0.491 e. The second-order valence-electron chi connectivity index (χ2n) is 4.32. The molecule has 0 fully saturated rings. The van der Waals surface area contributed by atoms with E-state index in [9.17, 15) is 0 Å². The minimum atomic E-state index is 0.00467. The maximum Gasteiger partial charge on any atom is 0.119 e. The molecule has 0 bridgehead atoms. The van der Waals surface area contributed by atoms with Crippen molar-refractivity contribution >= 4 is 11.4 Å². The Morgan fingerprint density at radius 1 is 0.667 bits per heavy atom. The van der Waals surface area contributed by atoms with Gasteiger partial charge in [0.25, 0.3) is 0 Å². The number of benzene rings is 2. The van der Waals surface area contributed by atoms with Gasteiger partial charge in [-0.05, 0) is 48.5 Å². The highest BCUT2D eigenvalue weighted by atomic mass is 16.5. The predicted octanol–water partition coefficient (Wildman–Crippen LogP) is 2.17. The van der Waals surface area contributed by atoms with Crippen LogP contribution in [0.5, 0.6) is 11.5 Å². The Kier molecular flexibility index (Phi) is 5.87. The quantitative estimate of drug-likeness (QED) is 0.695. The number of aliphatic hydroxyl groups excluding tert-OH is 2. The fraction of sp³-hybridized carbons (Fsp3) is 0.250. The molecule has 0 atom stereocenters. The molecule has 0 spiro atoms. The third-order valence-corrected chi connectivity index (χ3v) is 2.72. The predicted molar refractivity (Wildman–Crippen MR) is 81.3 cm³/mol. The van der Waals surface area contributed by atoms with E-state index in [4.69, 9.17) is 19.7 Å². The molecule has 0 aromatic heterocycles. The smallest absolute Gasteiger partial charge is 0.119 e. The third-order valence-electron chi connectivity index (χ3n) is 2.72. The first-order valence-electron chi connectivity index (χ1n) is 6.76. The summed E-state index contributed by atoms with van der Waals surface area (Å²) in [7, 11) is 0. The minimum absolute atomic E-state index is 0.00467. The van der Waals surface area contributed by atoms with Crippen molar-refractivity contribution in [2.75, 3.05) is 31.7 Å². The van der Waals surface area contributed by atoms with Gasteiger partial charge in [0, 0.05) is 11.4 Å². The van der Waals surface area contributed by atoms with E-state index in [0.29, 0.717) is 13.2 Å². The van der Waals surface area contributed by atoms with Crippen molar-refractivity contribution in [3.63, 3.8) is 0 Å². The van der Waals surface area contributed by atoms with Crippen LogP contribution in [0.15, 0.2) is 48.5 Å². The Hall–Kier alpha value is -2.24. The summed E-state index contributed by atoms with van der Waals surface area (Å²) in [6.45, 7) is 0.597. The summed E-state index contributed by atoms with van der Waals surface area (Å²) in [4.78, 5) is 0. The molecule has 0 unspecified atom stereocenters. The van der Waals surface area contributed by atoms with Gasteiger partial charge in [0.05, 0.1) is 13.2 Å². The largest absolute Gasteiger partial charge is 0.491 e. The lowest BCUT2D eigenvalue weighted by atomic mass is 10.2. The van der Waals surface area contributed by atoms with Gasteiger partial charge in [0.15, 0.2) is 0 Å². The molecule has 0 aliphatic carbocycles.